The van der Waals surface area contributed by atoms with Gasteiger partial charge in [-0.2, -0.15) is 0 Å². The van der Waals surface area contributed by atoms with Gasteiger partial charge in [0.15, 0.2) is 6.29 Å². The quantitative estimate of drug-likeness (QED) is 0.410. The summed E-state index contributed by atoms with van der Waals surface area (Å²) < 4.78 is 4.58. The highest BCUT2D eigenvalue weighted by molar-refractivity contribution is 4.87. The van der Waals surface area contributed by atoms with Crippen LogP contribution in [-0.4, -0.2) is 87.4 Å². The Morgan fingerprint density at radius 2 is 1.32 bits per heavy atom. The Labute approximate surface area is 114 Å². The summed E-state index contributed by atoms with van der Waals surface area (Å²) in [6, 6.07) is 0. The van der Waals surface area contributed by atoms with E-state index in [9.17, 15) is 0 Å². The second-order valence-electron chi connectivity index (χ2n) is 4.34. The molecule has 0 unspecified atom stereocenters. The molecule has 0 aromatic rings. The summed E-state index contributed by atoms with van der Waals surface area (Å²) >= 11 is 0. The summed E-state index contributed by atoms with van der Waals surface area (Å²) in [5.41, 5.74) is 0. The van der Waals surface area contributed by atoms with E-state index in [4.69, 9.17) is 25.5 Å². The standard InChI is InChI=1S/C6H15N.C6H12O6/c1-4-7(5-2)6-3;7-1-2-3(8)4(9)5(10)6(11)12-2/h4-6H2,1-3H3;2-11H,1H2/t;2-,3-,4+,5-,6+/m.1/s1. The highest BCUT2D eigenvalue weighted by atomic mass is 16.6. The van der Waals surface area contributed by atoms with Crippen molar-refractivity contribution in [1.29, 1.82) is 0 Å². The van der Waals surface area contributed by atoms with Gasteiger partial charge in [-0.1, -0.05) is 20.8 Å². The van der Waals surface area contributed by atoms with Crippen molar-refractivity contribution in [2.24, 2.45) is 0 Å². The van der Waals surface area contributed by atoms with Crippen LogP contribution in [0.4, 0.5) is 0 Å². The lowest BCUT2D eigenvalue weighted by Crippen LogP contribution is -2.58. The normalized spacial score (nSPS) is 34.9. The molecule has 7 heteroatoms. The Morgan fingerprint density at radius 3 is 1.63 bits per heavy atom. The fourth-order valence-corrected chi connectivity index (χ4v) is 1.75. The van der Waals surface area contributed by atoms with Crippen LogP contribution in [0.25, 0.3) is 0 Å². The van der Waals surface area contributed by atoms with Gasteiger partial charge >= 0.3 is 0 Å². The van der Waals surface area contributed by atoms with Crippen molar-refractivity contribution in [3.63, 3.8) is 0 Å². The molecule has 5 atom stereocenters. The lowest BCUT2D eigenvalue weighted by molar-refractivity contribution is -0.286. The van der Waals surface area contributed by atoms with Gasteiger partial charge in [0.2, 0.25) is 0 Å². The molecular weight excluding hydrogens is 254 g/mol. The van der Waals surface area contributed by atoms with Crippen LogP contribution in [0.5, 0.6) is 0 Å². The molecule has 1 saturated heterocycles. The van der Waals surface area contributed by atoms with E-state index in [0.717, 1.165) is 0 Å². The van der Waals surface area contributed by atoms with Crippen LogP contribution < -0.4 is 0 Å². The average Bonchev–Trinajstić information content (AvgIpc) is 2.43. The monoisotopic (exact) mass is 281 g/mol. The zero-order chi connectivity index (χ0) is 15.0. The molecule has 5 N–H and O–H groups in total. The van der Waals surface area contributed by atoms with Crippen molar-refractivity contribution in [1.82, 2.24) is 4.90 Å². The second-order valence-corrected chi connectivity index (χ2v) is 4.34. The van der Waals surface area contributed by atoms with Crippen molar-refractivity contribution in [2.75, 3.05) is 26.2 Å². The molecule has 0 spiro atoms. The van der Waals surface area contributed by atoms with E-state index < -0.39 is 37.3 Å². The van der Waals surface area contributed by atoms with Crippen LogP contribution in [0, 0.1) is 0 Å². The van der Waals surface area contributed by atoms with Gasteiger partial charge < -0.3 is 35.2 Å². The van der Waals surface area contributed by atoms with E-state index in [-0.39, 0.29) is 0 Å². The fourth-order valence-electron chi connectivity index (χ4n) is 1.75. The number of hydrogen-bond donors (Lipinski definition) is 5. The summed E-state index contributed by atoms with van der Waals surface area (Å²) in [4.78, 5) is 2.38. The van der Waals surface area contributed by atoms with Gasteiger partial charge in [-0.25, -0.2) is 0 Å². The number of rotatable bonds is 4. The summed E-state index contributed by atoms with van der Waals surface area (Å²) in [5, 5.41) is 44.7. The fraction of sp³-hybridized carbons (Fsp3) is 1.00. The molecule has 0 radical (unpaired) electrons. The van der Waals surface area contributed by atoms with Gasteiger partial charge in [0.1, 0.15) is 24.4 Å². The number of aliphatic hydroxyl groups is 5. The zero-order valence-corrected chi connectivity index (χ0v) is 11.8. The van der Waals surface area contributed by atoms with Crippen LogP contribution in [0.3, 0.4) is 0 Å². The van der Waals surface area contributed by atoms with Gasteiger partial charge in [0.25, 0.3) is 0 Å². The molecule has 0 aromatic heterocycles. The van der Waals surface area contributed by atoms with Crippen molar-refractivity contribution < 1.29 is 30.3 Å². The van der Waals surface area contributed by atoms with Crippen LogP contribution in [0.15, 0.2) is 0 Å². The van der Waals surface area contributed by atoms with Crippen LogP contribution in [0.1, 0.15) is 20.8 Å². The number of hydrogen-bond acceptors (Lipinski definition) is 7. The van der Waals surface area contributed by atoms with E-state index in [2.05, 4.69) is 30.4 Å². The predicted octanol–water partition coefficient (Wildman–Crippen LogP) is -1.87. The topological polar surface area (TPSA) is 114 Å². The van der Waals surface area contributed by atoms with Gasteiger partial charge in [-0.3, -0.25) is 0 Å². The second kappa shape index (κ2) is 9.60. The van der Waals surface area contributed by atoms with Crippen molar-refractivity contribution in [2.45, 2.75) is 51.5 Å². The largest absolute Gasteiger partial charge is 0.394 e. The first-order valence-corrected chi connectivity index (χ1v) is 6.63. The SMILES string of the molecule is CCN(CC)CC.OC[C@H]1O[C@H](O)[C@H](O)[C@@H](O)[C@@H]1O. The lowest BCUT2D eigenvalue weighted by atomic mass is 10.00. The molecule has 19 heavy (non-hydrogen) atoms. The highest BCUT2D eigenvalue weighted by Crippen LogP contribution is 2.18. The summed E-state index contributed by atoms with van der Waals surface area (Å²) in [6.07, 6.45) is -7.04. The Hall–Kier alpha value is -0.280. The van der Waals surface area contributed by atoms with E-state index in [1.807, 2.05) is 0 Å². The summed E-state index contributed by atoms with van der Waals surface area (Å²) in [5.74, 6) is 0. The Kier molecular flexibility index (Phi) is 9.46. The third-order valence-electron chi connectivity index (χ3n) is 3.21. The minimum Gasteiger partial charge on any atom is -0.394 e. The van der Waals surface area contributed by atoms with Gasteiger partial charge in [0, 0.05) is 0 Å². The minimum absolute atomic E-state index is 0.526. The van der Waals surface area contributed by atoms with Crippen LogP contribution in [0.2, 0.25) is 0 Å². The Balaban J connectivity index is 0.000000399. The molecule has 0 aromatic carbocycles. The van der Waals surface area contributed by atoms with E-state index >= 15 is 0 Å². The molecule has 1 rings (SSSR count). The van der Waals surface area contributed by atoms with Crippen molar-refractivity contribution in [3.05, 3.63) is 0 Å². The Bertz CT molecular complexity index is 216. The maximum atomic E-state index is 9.12. The third-order valence-corrected chi connectivity index (χ3v) is 3.21. The van der Waals surface area contributed by atoms with Crippen molar-refractivity contribution >= 4 is 0 Å². The average molecular weight is 281 g/mol. The zero-order valence-electron chi connectivity index (χ0n) is 11.8. The van der Waals surface area contributed by atoms with Crippen LogP contribution >= 0.6 is 0 Å². The molecule has 7 nitrogen and oxygen atoms in total. The third kappa shape index (κ3) is 5.70. The highest BCUT2D eigenvalue weighted by Gasteiger charge is 2.42. The number of aliphatic hydroxyl groups excluding tert-OH is 5. The van der Waals surface area contributed by atoms with Crippen LogP contribution in [-0.2, 0) is 4.74 Å². The molecule has 1 aliphatic rings. The maximum Gasteiger partial charge on any atom is 0.184 e. The molecule has 1 heterocycles. The lowest BCUT2D eigenvalue weighted by Gasteiger charge is -2.37. The van der Waals surface area contributed by atoms with E-state index in [1.165, 1.54) is 19.6 Å². The first kappa shape index (κ1) is 18.7. The maximum absolute atomic E-state index is 9.12. The summed E-state index contributed by atoms with van der Waals surface area (Å²) in [6.45, 7) is 9.60. The van der Waals surface area contributed by atoms with E-state index in [1.54, 1.807) is 0 Å². The van der Waals surface area contributed by atoms with Gasteiger partial charge in [-0.05, 0) is 19.6 Å². The Morgan fingerprint density at radius 1 is 0.842 bits per heavy atom. The number of nitrogens with zero attached hydrogens (tertiary/aromatic N) is 1. The first-order chi connectivity index (χ1) is 8.92. The molecule has 116 valence electrons. The van der Waals surface area contributed by atoms with Crippen molar-refractivity contribution in [3.8, 4) is 0 Å². The summed E-state index contributed by atoms with van der Waals surface area (Å²) in [7, 11) is 0. The molecule has 0 amide bonds. The van der Waals surface area contributed by atoms with Gasteiger partial charge in [0.05, 0.1) is 6.61 Å². The first-order valence-electron chi connectivity index (χ1n) is 6.63. The molecular formula is C12H27NO6. The number of ether oxygens (including phenoxy) is 1. The molecule has 1 aliphatic heterocycles. The molecule has 0 aliphatic carbocycles. The predicted molar refractivity (Wildman–Crippen MR) is 69.4 cm³/mol. The minimum atomic E-state index is -1.57. The molecule has 0 saturated carbocycles. The molecule has 0 bridgehead atoms. The smallest absolute Gasteiger partial charge is 0.184 e. The van der Waals surface area contributed by atoms with Gasteiger partial charge in [-0.15, -0.1) is 0 Å². The molecule has 1 fully saturated rings. The van der Waals surface area contributed by atoms with E-state index in [0.29, 0.717) is 0 Å².